The summed E-state index contributed by atoms with van der Waals surface area (Å²) in [4.78, 5) is 22.7. The first-order chi connectivity index (χ1) is 9.31. The van der Waals surface area contributed by atoms with Crippen LogP contribution in [0.15, 0.2) is 18.2 Å². The van der Waals surface area contributed by atoms with Crippen LogP contribution in [0.3, 0.4) is 0 Å². The molecule has 0 aliphatic carbocycles. The second-order valence-electron chi connectivity index (χ2n) is 5.19. The van der Waals surface area contributed by atoms with E-state index in [0.717, 1.165) is 11.1 Å². The molecular weight excluding hydrogens is 258 g/mol. The van der Waals surface area contributed by atoms with Gasteiger partial charge in [0.1, 0.15) is 11.8 Å². The quantitative estimate of drug-likeness (QED) is 0.834. The monoisotopic (exact) mass is 279 g/mol. The molecule has 0 spiro atoms. The summed E-state index contributed by atoms with van der Waals surface area (Å²) >= 11 is 0. The van der Waals surface area contributed by atoms with Crippen LogP contribution in [0.4, 0.5) is 0 Å². The molecule has 0 fully saturated rings. The molecule has 2 N–H and O–H groups in total. The summed E-state index contributed by atoms with van der Waals surface area (Å²) in [6, 6.07) is 4.76. The van der Waals surface area contributed by atoms with Gasteiger partial charge >= 0.3 is 5.97 Å². The van der Waals surface area contributed by atoms with Crippen LogP contribution in [0, 0.1) is 19.8 Å². The van der Waals surface area contributed by atoms with Crippen molar-refractivity contribution < 1.29 is 19.4 Å². The molecule has 0 aliphatic rings. The van der Waals surface area contributed by atoms with Crippen molar-refractivity contribution in [3.8, 4) is 5.75 Å². The van der Waals surface area contributed by atoms with Crippen LogP contribution in [0.1, 0.15) is 25.0 Å². The standard InChI is InChI=1S/C15H21NO4/c1-9(2)14(15(18)19)16-13(17)8-20-12-6-5-10(3)7-11(12)4/h5-7,9,14H,8H2,1-4H3,(H,16,17)(H,18,19). The van der Waals surface area contributed by atoms with Crippen molar-refractivity contribution in [2.45, 2.75) is 33.7 Å². The van der Waals surface area contributed by atoms with E-state index in [0.29, 0.717) is 5.75 Å². The number of benzene rings is 1. The molecule has 5 nitrogen and oxygen atoms in total. The van der Waals surface area contributed by atoms with Gasteiger partial charge in [-0.15, -0.1) is 0 Å². The molecule has 1 amide bonds. The lowest BCUT2D eigenvalue weighted by molar-refractivity contribution is -0.143. The Morgan fingerprint density at radius 2 is 1.95 bits per heavy atom. The molecule has 1 aromatic rings. The lowest BCUT2D eigenvalue weighted by Gasteiger charge is -2.18. The number of rotatable bonds is 6. The Morgan fingerprint density at radius 3 is 2.45 bits per heavy atom. The summed E-state index contributed by atoms with van der Waals surface area (Å²) in [6.07, 6.45) is 0. The van der Waals surface area contributed by atoms with Crippen molar-refractivity contribution in [2.75, 3.05) is 6.61 Å². The molecule has 0 heterocycles. The van der Waals surface area contributed by atoms with Crippen molar-refractivity contribution >= 4 is 11.9 Å². The zero-order chi connectivity index (χ0) is 15.3. The van der Waals surface area contributed by atoms with E-state index in [9.17, 15) is 9.59 Å². The molecule has 0 saturated heterocycles. The van der Waals surface area contributed by atoms with E-state index >= 15 is 0 Å². The first-order valence-corrected chi connectivity index (χ1v) is 6.53. The number of hydrogen-bond donors (Lipinski definition) is 2. The van der Waals surface area contributed by atoms with Gasteiger partial charge in [0.05, 0.1) is 0 Å². The summed E-state index contributed by atoms with van der Waals surface area (Å²) in [5, 5.41) is 11.5. The van der Waals surface area contributed by atoms with Gasteiger partial charge < -0.3 is 15.2 Å². The molecule has 20 heavy (non-hydrogen) atoms. The zero-order valence-corrected chi connectivity index (χ0v) is 12.3. The van der Waals surface area contributed by atoms with Crippen molar-refractivity contribution in [3.05, 3.63) is 29.3 Å². The molecule has 0 bridgehead atoms. The Hall–Kier alpha value is -2.04. The van der Waals surface area contributed by atoms with Crippen LogP contribution in [0.25, 0.3) is 0 Å². The second kappa shape index (κ2) is 6.93. The smallest absolute Gasteiger partial charge is 0.326 e. The third-order valence-electron chi connectivity index (χ3n) is 2.94. The van der Waals surface area contributed by atoms with Crippen LogP contribution in [0.5, 0.6) is 5.75 Å². The number of carboxylic acid groups (broad SMARTS) is 1. The molecule has 1 unspecified atom stereocenters. The van der Waals surface area contributed by atoms with Crippen LogP contribution in [-0.2, 0) is 9.59 Å². The fraction of sp³-hybridized carbons (Fsp3) is 0.467. The average molecular weight is 279 g/mol. The molecule has 5 heteroatoms. The minimum atomic E-state index is -1.04. The van der Waals surface area contributed by atoms with E-state index in [1.165, 1.54) is 0 Å². The molecule has 0 radical (unpaired) electrons. The summed E-state index contributed by atoms with van der Waals surface area (Å²) < 4.78 is 5.41. The number of amides is 1. The normalized spacial score (nSPS) is 12.1. The van der Waals surface area contributed by atoms with Gasteiger partial charge in [0.2, 0.25) is 0 Å². The number of ether oxygens (including phenoxy) is 1. The Labute approximate surface area is 118 Å². The third-order valence-corrected chi connectivity index (χ3v) is 2.94. The Bertz CT molecular complexity index is 497. The van der Waals surface area contributed by atoms with Gasteiger partial charge in [0.15, 0.2) is 6.61 Å². The Kier molecular flexibility index (Phi) is 5.55. The van der Waals surface area contributed by atoms with Gasteiger partial charge in [0.25, 0.3) is 5.91 Å². The molecule has 1 atom stereocenters. The van der Waals surface area contributed by atoms with Crippen LogP contribution < -0.4 is 10.1 Å². The van der Waals surface area contributed by atoms with E-state index in [-0.39, 0.29) is 12.5 Å². The van der Waals surface area contributed by atoms with Crippen molar-refractivity contribution in [1.82, 2.24) is 5.32 Å². The fourth-order valence-corrected chi connectivity index (χ4v) is 1.83. The minimum Gasteiger partial charge on any atom is -0.484 e. The maximum Gasteiger partial charge on any atom is 0.326 e. The first-order valence-electron chi connectivity index (χ1n) is 6.53. The molecular formula is C15H21NO4. The van der Waals surface area contributed by atoms with Gasteiger partial charge in [-0.25, -0.2) is 4.79 Å². The first kappa shape index (κ1) is 16.0. The van der Waals surface area contributed by atoms with Crippen LogP contribution in [-0.4, -0.2) is 29.6 Å². The number of carbonyl (C=O) groups is 2. The summed E-state index contributed by atoms with van der Waals surface area (Å²) in [6.45, 7) is 7.16. The van der Waals surface area contributed by atoms with Crippen molar-refractivity contribution in [3.63, 3.8) is 0 Å². The topological polar surface area (TPSA) is 75.6 Å². The molecule has 1 rings (SSSR count). The number of carbonyl (C=O) groups excluding carboxylic acids is 1. The van der Waals surface area contributed by atoms with Gasteiger partial charge in [-0.05, 0) is 31.4 Å². The number of hydrogen-bond acceptors (Lipinski definition) is 3. The minimum absolute atomic E-state index is 0.183. The highest BCUT2D eigenvalue weighted by molar-refractivity contribution is 5.84. The molecule has 110 valence electrons. The lowest BCUT2D eigenvalue weighted by atomic mass is 10.1. The van der Waals surface area contributed by atoms with Crippen LogP contribution in [0.2, 0.25) is 0 Å². The largest absolute Gasteiger partial charge is 0.484 e. The summed E-state index contributed by atoms with van der Waals surface area (Å²) in [5.74, 6) is -1.04. The summed E-state index contributed by atoms with van der Waals surface area (Å²) in [5.41, 5.74) is 2.06. The van der Waals surface area contributed by atoms with Crippen molar-refractivity contribution in [2.24, 2.45) is 5.92 Å². The predicted molar refractivity (Wildman–Crippen MR) is 75.8 cm³/mol. The molecule has 1 aromatic carbocycles. The SMILES string of the molecule is Cc1ccc(OCC(=O)NC(C(=O)O)C(C)C)c(C)c1. The highest BCUT2D eigenvalue weighted by Gasteiger charge is 2.23. The Morgan fingerprint density at radius 1 is 1.30 bits per heavy atom. The number of aliphatic carboxylic acids is 1. The predicted octanol–water partition coefficient (Wildman–Crippen LogP) is 1.91. The maximum atomic E-state index is 11.7. The maximum absolute atomic E-state index is 11.7. The molecule has 0 aromatic heterocycles. The average Bonchev–Trinajstić information content (AvgIpc) is 2.34. The third kappa shape index (κ3) is 4.57. The van der Waals surface area contributed by atoms with Gasteiger partial charge in [0, 0.05) is 0 Å². The fourth-order valence-electron chi connectivity index (χ4n) is 1.83. The molecule has 0 aliphatic heterocycles. The van der Waals surface area contributed by atoms with E-state index in [4.69, 9.17) is 9.84 Å². The van der Waals surface area contributed by atoms with E-state index in [1.54, 1.807) is 19.9 Å². The number of nitrogens with one attached hydrogen (secondary N) is 1. The van der Waals surface area contributed by atoms with E-state index in [2.05, 4.69) is 5.32 Å². The highest BCUT2D eigenvalue weighted by atomic mass is 16.5. The van der Waals surface area contributed by atoms with Crippen LogP contribution >= 0.6 is 0 Å². The second-order valence-corrected chi connectivity index (χ2v) is 5.19. The van der Waals surface area contributed by atoms with Gasteiger partial charge in [-0.1, -0.05) is 31.5 Å². The van der Waals surface area contributed by atoms with Gasteiger partial charge in [-0.2, -0.15) is 0 Å². The van der Waals surface area contributed by atoms with E-state index in [1.807, 2.05) is 26.0 Å². The highest BCUT2D eigenvalue weighted by Crippen LogP contribution is 2.18. The molecule has 0 saturated carbocycles. The lowest BCUT2D eigenvalue weighted by Crippen LogP contribution is -2.46. The van der Waals surface area contributed by atoms with Gasteiger partial charge in [-0.3, -0.25) is 4.79 Å². The van der Waals surface area contributed by atoms with E-state index < -0.39 is 17.9 Å². The Balaban J connectivity index is 2.57. The summed E-state index contributed by atoms with van der Waals surface area (Å²) in [7, 11) is 0. The number of carboxylic acids is 1. The number of aryl methyl sites for hydroxylation is 2. The zero-order valence-electron chi connectivity index (χ0n) is 12.3. The van der Waals surface area contributed by atoms with Crippen molar-refractivity contribution in [1.29, 1.82) is 0 Å².